The average Bonchev–Trinajstić information content (AvgIpc) is 2.52. The van der Waals surface area contributed by atoms with E-state index in [1.54, 1.807) is 0 Å². The predicted octanol–water partition coefficient (Wildman–Crippen LogP) is 0.271. The normalized spacial score (nSPS) is 23.2. The van der Waals surface area contributed by atoms with Gasteiger partial charge in [0.2, 0.25) is 10.0 Å². The summed E-state index contributed by atoms with van der Waals surface area (Å²) in [6, 6.07) is 0. The second-order valence-electron chi connectivity index (χ2n) is 3.05. The lowest BCUT2D eigenvalue weighted by Gasteiger charge is -2.09. The van der Waals surface area contributed by atoms with Gasteiger partial charge >= 0.3 is 0 Å². The largest absolute Gasteiger partial charge is 0.377 e. The maximum atomic E-state index is 11.3. The van der Waals surface area contributed by atoms with Gasteiger partial charge in [-0.15, -0.1) is 6.58 Å². The third-order valence-corrected chi connectivity index (χ3v) is 3.29. The molecule has 0 aliphatic carbocycles. The topological polar surface area (TPSA) is 55.4 Å². The van der Waals surface area contributed by atoms with E-state index in [9.17, 15) is 8.42 Å². The van der Waals surface area contributed by atoms with Gasteiger partial charge in [-0.2, -0.15) is 0 Å². The first-order valence-corrected chi connectivity index (χ1v) is 5.99. The molecule has 0 aromatic carbocycles. The SMILES string of the molecule is C=CCNS(=O)(=O)CC1CCCO1. The zero-order valence-electron chi connectivity index (χ0n) is 7.53. The van der Waals surface area contributed by atoms with Crippen molar-refractivity contribution < 1.29 is 13.2 Å². The maximum absolute atomic E-state index is 11.3. The highest BCUT2D eigenvalue weighted by Crippen LogP contribution is 2.13. The molecular formula is C8H15NO3S. The second-order valence-corrected chi connectivity index (χ2v) is 4.91. The Hall–Kier alpha value is -0.390. The van der Waals surface area contributed by atoms with Crippen LogP contribution in [0, 0.1) is 0 Å². The summed E-state index contributed by atoms with van der Waals surface area (Å²) >= 11 is 0. The third kappa shape index (κ3) is 3.89. The average molecular weight is 205 g/mol. The molecule has 0 aromatic heterocycles. The van der Waals surface area contributed by atoms with Gasteiger partial charge in [0.1, 0.15) is 0 Å². The fourth-order valence-corrected chi connectivity index (χ4v) is 2.51. The highest BCUT2D eigenvalue weighted by molar-refractivity contribution is 7.89. The molecule has 76 valence electrons. The molecule has 5 heteroatoms. The molecule has 1 N–H and O–H groups in total. The van der Waals surface area contributed by atoms with Gasteiger partial charge in [-0.25, -0.2) is 13.1 Å². The van der Waals surface area contributed by atoms with Crippen LogP contribution in [0.3, 0.4) is 0 Å². The van der Waals surface area contributed by atoms with Gasteiger partial charge in [-0.05, 0) is 12.8 Å². The van der Waals surface area contributed by atoms with E-state index in [-0.39, 0.29) is 18.4 Å². The van der Waals surface area contributed by atoms with E-state index in [2.05, 4.69) is 11.3 Å². The van der Waals surface area contributed by atoms with E-state index >= 15 is 0 Å². The van der Waals surface area contributed by atoms with Crippen LogP contribution in [0.25, 0.3) is 0 Å². The molecule has 13 heavy (non-hydrogen) atoms. The maximum Gasteiger partial charge on any atom is 0.214 e. The summed E-state index contributed by atoms with van der Waals surface area (Å²) in [7, 11) is -3.17. The lowest BCUT2D eigenvalue weighted by atomic mass is 10.3. The summed E-state index contributed by atoms with van der Waals surface area (Å²) in [5.74, 6) is 0.0703. The number of ether oxygens (including phenoxy) is 1. The fraction of sp³-hybridized carbons (Fsp3) is 0.750. The second kappa shape index (κ2) is 4.74. The summed E-state index contributed by atoms with van der Waals surface area (Å²) in [5.41, 5.74) is 0. The van der Waals surface area contributed by atoms with Crippen molar-refractivity contribution in [2.45, 2.75) is 18.9 Å². The van der Waals surface area contributed by atoms with Crippen LogP contribution in [-0.4, -0.2) is 33.4 Å². The van der Waals surface area contributed by atoms with Crippen LogP contribution in [0.5, 0.6) is 0 Å². The molecule has 0 amide bonds. The Bertz CT molecular complexity index is 255. The van der Waals surface area contributed by atoms with Crippen molar-refractivity contribution in [3.63, 3.8) is 0 Å². The van der Waals surface area contributed by atoms with E-state index in [1.807, 2.05) is 0 Å². The van der Waals surface area contributed by atoms with Crippen molar-refractivity contribution in [3.05, 3.63) is 12.7 Å². The Morgan fingerprint density at radius 3 is 2.92 bits per heavy atom. The van der Waals surface area contributed by atoms with Gasteiger partial charge in [0.05, 0.1) is 11.9 Å². The number of hydrogen-bond donors (Lipinski definition) is 1. The molecule has 0 aromatic rings. The molecule has 0 spiro atoms. The van der Waals surface area contributed by atoms with E-state index < -0.39 is 10.0 Å². The van der Waals surface area contributed by atoms with Crippen molar-refractivity contribution >= 4 is 10.0 Å². The van der Waals surface area contributed by atoms with Crippen molar-refractivity contribution in [1.82, 2.24) is 4.72 Å². The van der Waals surface area contributed by atoms with Crippen LogP contribution in [0.4, 0.5) is 0 Å². The minimum absolute atomic E-state index is 0.0703. The van der Waals surface area contributed by atoms with E-state index in [0.29, 0.717) is 6.61 Å². The fourth-order valence-electron chi connectivity index (χ4n) is 1.27. The predicted molar refractivity (Wildman–Crippen MR) is 51.0 cm³/mol. The summed E-state index contributed by atoms with van der Waals surface area (Å²) < 4.78 is 30.2. The number of sulfonamides is 1. The van der Waals surface area contributed by atoms with E-state index in [4.69, 9.17) is 4.74 Å². The Morgan fingerprint density at radius 1 is 1.62 bits per heavy atom. The lowest BCUT2D eigenvalue weighted by Crippen LogP contribution is -2.31. The standard InChI is InChI=1S/C8H15NO3S/c1-2-5-9-13(10,11)7-8-4-3-6-12-8/h2,8-9H,1,3-7H2. The minimum atomic E-state index is -3.17. The lowest BCUT2D eigenvalue weighted by molar-refractivity contribution is 0.127. The zero-order chi connectivity index (χ0) is 9.73. The molecule has 1 aliphatic heterocycles. The van der Waals surface area contributed by atoms with Crippen molar-refractivity contribution in [2.75, 3.05) is 18.9 Å². The molecule has 1 rings (SSSR count). The molecule has 4 nitrogen and oxygen atoms in total. The van der Waals surface area contributed by atoms with Crippen molar-refractivity contribution in [3.8, 4) is 0 Å². The van der Waals surface area contributed by atoms with Gasteiger partial charge in [0.25, 0.3) is 0 Å². The molecule has 0 bridgehead atoms. The van der Waals surface area contributed by atoms with E-state index in [0.717, 1.165) is 12.8 Å². The number of nitrogens with one attached hydrogen (secondary N) is 1. The minimum Gasteiger partial charge on any atom is -0.377 e. The van der Waals surface area contributed by atoms with Crippen molar-refractivity contribution in [1.29, 1.82) is 0 Å². The Kier molecular flexibility index (Phi) is 3.90. The van der Waals surface area contributed by atoms with Crippen molar-refractivity contribution in [2.24, 2.45) is 0 Å². The third-order valence-electron chi connectivity index (χ3n) is 1.88. The molecule has 0 saturated carbocycles. The van der Waals surface area contributed by atoms with E-state index in [1.165, 1.54) is 6.08 Å². The first-order valence-electron chi connectivity index (χ1n) is 4.34. The van der Waals surface area contributed by atoms with Crippen LogP contribution >= 0.6 is 0 Å². The summed E-state index contributed by atoms with van der Waals surface area (Å²) in [6.07, 6.45) is 3.20. The highest BCUT2D eigenvalue weighted by Gasteiger charge is 2.22. The molecule has 1 heterocycles. The first-order chi connectivity index (χ1) is 6.14. The van der Waals surface area contributed by atoms with Crippen LogP contribution < -0.4 is 4.72 Å². The van der Waals surface area contributed by atoms with Gasteiger partial charge in [0.15, 0.2) is 0 Å². The van der Waals surface area contributed by atoms with Gasteiger partial charge in [-0.1, -0.05) is 6.08 Å². The van der Waals surface area contributed by atoms with Crippen LogP contribution in [-0.2, 0) is 14.8 Å². The molecular weight excluding hydrogens is 190 g/mol. The number of rotatable bonds is 5. The Balaban J connectivity index is 2.36. The molecule has 1 atom stereocenters. The zero-order valence-corrected chi connectivity index (χ0v) is 8.35. The first kappa shape index (κ1) is 10.7. The molecule has 0 radical (unpaired) electrons. The summed E-state index contributed by atoms with van der Waals surface area (Å²) in [5, 5.41) is 0. The summed E-state index contributed by atoms with van der Waals surface area (Å²) in [6.45, 7) is 4.41. The van der Waals surface area contributed by atoms with Crippen LogP contribution in [0.1, 0.15) is 12.8 Å². The van der Waals surface area contributed by atoms with Gasteiger partial charge in [-0.3, -0.25) is 0 Å². The molecule has 1 unspecified atom stereocenters. The highest BCUT2D eigenvalue weighted by atomic mass is 32.2. The molecule has 1 aliphatic rings. The molecule has 1 fully saturated rings. The van der Waals surface area contributed by atoms with Gasteiger partial charge < -0.3 is 4.74 Å². The molecule has 1 saturated heterocycles. The smallest absolute Gasteiger partial charge is 0.214 e. The number of hydrogen-bond acceptors (Lipinski definition) is 3. The quantitative estimate of drug-likeness (QED) is 0.655. The van der Waals surface area contributed by atoms with Crippen LogP contribution in [0.2, 0.25) is 0 Å². The Labute approximate surface area is 79.0 Å². The summed E-state index contributed by atoms with van der Waals surface area (Å²) in [4.78, 5) is 0. The monoisotopic (exact) mass is 205 g/mol. The van der Waals surface area contributed by atoms with Gasteiger partial charge in [0, 0.05) is 13.2 Å². The van der Waals surface area contributed by atoms with Crippen LogP contribution in [0.15, 0.2) is 12.7 Å². The Morgan fingerprint density at radius 2 is 2.38 bits per heavy atom.